The van der Waals surface area contributed by atoms with Gasteiger partial charge < -0.3 is 9.84 Å². The Morgan fingerprint density at radius 3 is 2.30 bits per heavy atom. The Hall–Kier alpha value is -1.32. The molecule has 2 rings (SSSR count). The predicted octanol–water partition coefficient (Wildman–Crippen LogP) is 5.22. The molecule has 2 aromatic carbocycles. The normalized spacial score (nSPS) is 12.3. The highest BCUT2D eigenvalue weighted by atomic mass is 79.9. The first-order chi connectivity index (χ1) is 9.40. The molecule has 0 aromatic heterocycles. The van der Waals surface area contributed by atoms with Crippen molar-refractivity contribution in [1.82, 2.24) is 0 Å². The lowest BCUT2D eigenvalue weighted by Crippen LogP contribution is -1.96. The highest BCUT2D eigenvalue weighted by Gasteiger charge is 2.11. The van der Waals surface area contributed by atoms with Crippen molar-refractivity contribution in [3.63, 3.8) is 0 Å². The molecule has 0 aliphatic carbocycles. The van der Waals surface area contributed by atoms with Gasteiger partial charge in [-0.25, -0.2) is 0 Å². The zero-order chi connectivity index (χ0) is 14.9. The number of hydrogen-bond acceptors (Lipinski definition) is 2. The quantitative estimate of drug-likeness (QED) is 0.833. The van der Waals surface area contributed by atoms with Gasteiger partial charge in [-0.15, -0.1) is 0 Å². The van der Waals surface area contributed by atoms with E-state index in [4.69, 9.17) is 4.74 Å². The molecule has 106 valence electrons. The van der Waals surface area contributed by atoms with Crippen LogP contribution in [0.5, 0.6) is 11.5 Å². The van der Waals surface area contributed by atoms with Crippen molar-refractivity contribution >= 4 is 15.9 Å². The molecule has 2 nitrogen and oxygen atoms in total. The SMILES string of the molecule is Cc1ccc(C)c(Oc2ccc([C@@H](C)O)c(Br)c2)c1C. The third kappa shape index (κ3) is 3.05. The summed E-state index contributed by atoms with van der Waals surface area (Å²) in [6.07, 6.45) is -0.499. The maximum atomic E-state index is 9.64. The molecule has 0 fully saturated rings. The van der Waals surface area contributed by atoms with Gasteiger partial charge in [-0.2, -0.15) is 0 Å². The minimum atomic E-state index is -0.499. The summed E-state index contributed by atoms with van der Waals surface area (Å²) in [5.74, 6) is 1.67. The lowest BCUT2D eigenvalue weighted by molar-refractivity contribution is 0.198. The Morgan fingerprint density at radius 1 is 1.05 bits per heavy atom. The maximum Gasteiger partial charge on any atom is 0.133 e. The Labute approximate surface area is 128 Å². The Bertz CT molecular complexity index is 633. The largest absolute Gasteiger partial charge is 0.457 e. The second kappa shape index (κ2) is 5.98. The van der Waals surface area contributed by atoms with Crippen LogP contribution in [0.2, 0.25) is 0 Å². The second-order valence-electron chi connectivity index (χ2n) is 5.11. The van der Waals surface area contributed by atoms with Crippen LogP contribution < -0.4 is 4.74 Å². The third-order valence-corrected chi connectivity index (χ3v) is 4.20. The van der Waals surface area contributed by atoms with Gasteiger partial charge in [0.2, 0.25) is 0 Å². The van der Waals surface area contributed by atoms with E-state index in [2.05, 4.69) is 41.9 Å². The number of benzene rings is 2. The van der Waals surface area contributed by atoms with Crippen LogP contribution in [-0.2, 0) is 0 Å². The van der Waals surface area contributed by atoms with Crippen molar-refractivity contribution in [2.75, 3.05) is 0 Å². The summed E-state index contributed by atoms with van der Waals surface area (Å²) in [6, 6.07) is 9.82. The van der Waals surface area contributed by atoms with E-state index < -0.39 is 6.10 Å². The van der Waals surface area contributed by atoms with Gasteiger partial charge in [-0.1, -0.05) is 34.1 Å². The van der Waals surface area contributed by atoms with Gasteiger partial charge in [0, 0.05) is 4.47 Å². The number of aryl methyl sites for hydroxylation is 2. The predicted molar refractivity (Wildman–Crippen MR) is 85.5 cm³/mol. The van der Waals surface area contributed by atoms with Gasteiger partial charge >= 0.3 is 0 Å². The van der Waals surface area contributed by atoms with E-state index in [-0.39, 0.29) is 0 Å². The number of ether oxygens (including phenoxy) is 1. The first-order valence-electron chi connectivity index (χ1n) is 6.62. The molecule has 0 aliphatic heterocycles. The van der Waals surface area contributed by atoms with Crippen LogP contribution in [0.4, 0.5) is 0 Å². The summed E-state index contributed by atoms with van der Waals surface area (Å²) in [5.41, 5.74) is 4.34. The Balaban J connectivity index is 2.36. The molecule has 0 aliphatic rings. The van der Waals surface area contributed by atoms with Crippen molar-refractivity contribution in [3.8, 4) is 11.5 Å². The van der Waals surface area contributed by atoms with Crippen molar-refractivity contribution in [2.45, 2.75) is 33.8 Å². The van der Waals surface area contributed by atoms with Gasteiger partial charge in [-0.3, -0.25) is 0 Å². The minimum absolute atomic E-state index is 0.499. The smallest absolute Gasteiger partial charge is 0.133 e. The number of hydrogen-bond donors (Lipinski definition) is 1. The molecule has 0 unspecified atom stereocenters. The maximum absolute atomic E-state index is 9.64. The van der Waals surface area contributed by atoms with E-state index in [1.54, 1.807) is 6.92 Å². The number of rotatable bonds is 3. The summed E-state index contributed by atoms with van der Waals surface area (Å²) >= 11 is 3.47. The van der Waals surface area contributed by atoms with Gasteiger partial charge in [0.25, 0.3) is 0 Å². The second-order valence-corrected chi connectivity index (χ2v) is 5.97. The van der Waals surface area contributed by atoms with E-state index in [1.807, 2.05) is 25.1 Å². The van der Waals surface area contributed by atoms with Crippen LogP contribution in [0, 0.1) is 20.8 Å². The topological polar surface area (TPSA) is 29.5 Å². The van der Waals surface area contributed by atoms with E-state index in [0.29, 0.717) is 0 Å². The van der Waals surface area contributed by atoms with Crippen LogP contribution >= 0.6 is 15.9 Å². The molecule has 2 aromatic rings. The highest BCUT2D eigenvalue weighted by Crippen LogP contribution is 2.33. The van der Waals surface area contributed by atoms with E-state index in [0.717, 1.165) is 32.7 Å². The fourth-order valence-electron chi connectivity index (χ4n) is 2.11. The Kier molecular flexibility index (Phi) is 4.51. The molecule has 0 bridgehead atoms. The average molecular weight is 335 g/mol. The molecule has 0 saturated heterocycles. The van der Waals surface area contributed by atoms with Crippen LogP contribution in [0.25, 0.3) is 0 Å². The Morgan fingerprint density at radius 2 is 1.70 bits per heavy atom. The first-order valence-corrected chi connectivity index (χ1v) is 7.41. The molecule has 3 heteroatoms. The molecule has 0 saturated carbocycles. The van der Waals surface area contributed by atoms with Crippen molar-refractivity contribution in [1.29, 1.82) is 0 Å². The molecular formula is C17H19BrO2. The van der Waals surface area contributed by atoms with Crippen molar-refractivity contribution in [3.05, 3.63) is 57.1 Å². The summed E-state index contributed by atoms with van der Waals surface area (Å²) in [4.78, 5) is 0. The molecule has 0 amide bonds. The summed E-state index contributed by atoms with van der Waals surface area (Å²) in [6.45, 7) is 7.93. The number of aliphatic hydroxyl groups is 1. The van der Waals surface area contributed by atoms with E-state index in [1.165, 1.54) is 5.56 Å². The zero-order valence-corrected chi connectivity index (χ0v) is 13.8. The van der Waals surface area contributed by atoms with Crippen LogP contribution in [-0.4, -0.2) is 5.11 Å². The fourth-order valence-corrected chi connectivity index (χ4v) is 2.80. The first kappa shape index (κ1) is 15.1. The highest BCUT2D eigenvalue weighted by molar-refractivity contribution is 9.10. The van der Waals surface area contributed by atoms with Gasteiger partial charge in [0.05, 0.1) is 6.10 Å². The molecule has 0 heterocycles. The molecule has 0 spiro atoms. The number of aliphatic hydroxyl groups excluding tert-OH is 1. The van der Waals surface area contributed by atoms with E-state index in [9.17, 15) is 5.11 Å². The molecule has 1 atom stereocenters. The molecular weight excluding hydrogens is 316 g/mol. The fraction of sp³-hybridized carbons (Fsp3) is 0.294. The molecule has 1 N–H and O–H groups in total. The standard InChI is InChI=1S/C17H19BrO2/c1-10-5-6-11(2)17(12(10)3)20-14-7-8-15(13(4)19)16(18)9-14/h5-9,13,19H,1-4H3/t13-/m1/s1. The molecule has 0 radical (unpaired) electrons. The van der Waals surface area contributed by atoms with Gasteiger partial charge in [0.15, 0.2) is 0 Å². The minimum Gasteiger partial charge on any atom is -0.457 e. The molecule has 20 heavy (non-hydrogen) atoms. The monoisotopic (exact) mass is 334 g/mol. The van der Waals surface area contributed by atoms with Crippen LogP contribution in [0.3, 0.4) is 0 Å². The lowest BCUT2D eigenvalue weighted by Gasteiger charge is -2.15. The average Bonchev–Trinajstić information content (AvgIpc) is 2.39. The van der Waals surface area contributed by atoms with Crippen molar-refractivity contribution < 1.29 is 9.84 Å². The summed E-state index contributed by atoms with van der Waals surface area (Å²) < 4.78 is 6.88. The number of halogens is 1. The lowest BCUT2D eigenvalue weighted by atomic mass is 10.1. The summed E-state index contributed by atoms with van der Waals surface area (Å²) in [7, 11) is 0. The van der Waals surface area contributed by atoms with Crippen LogP contribution in [0.15, 0.2) is 34.8 Å². The third-order valence-electron chi connectivity index (χ3n) is 3.52. The zero-order valence-electron chi connectivity index (χ0n) is 12.2. The van der Waals surface area contributed by atoms with E-state index >= 15 is 0 Å². The van der Waals surface area contributed by atoms with Gasteiger partial charge in [-0.05, 0) is 62.1 Å². The van der Waals surface area contributed by atoms with Gasteiger partial charge in [0.1, 0.15) is 11.5 Å². The van der Waals surface area contributed by atoms with Crippen molar-refractivity contribution in [2.24, 2.45) is 0 Å². The summed E-state index contributed by atoms with van der Waals surface area (Å²) in [5, 5.41) is 9.64. The van der Waals surface area contributed by atoms with Crippen LogP contribution in [0.1, 0.15) is 35.3 Å².